The molecule has 4 amide bonds. The quantitative estimate of drug-likeness (QED) is 0.181. The maximum absolute atomic E-state index is 14.1. The number of pyridine rings is 2. The Labute approximate surface area is 311 Å². The van der Waals surface area contributed by atoms with Gasteiger partial charge >= 0.3 is 16.2 Å². The SMILES string of the molecule is Cc1cc(N(C)C(=O)[C@H](Cc2cc(F)cc(F)c2)NC(=O)NS(=O)(=O)N[C@@H](Cc2cc(F)cc(F)c2)C(=O)N(C)c2cnc(C)c(C)c2)cnc1C.S. The van der Waals surface area contributed by atoms with Crippen molar-refractivity contribution in [2.75, 3.05) is 23.9 Å². The number of carbonyl (C=O) groups excluding carboxylic acids is 3. The van der Waals surface area contributed by atoms with E-state index in [-0.39, 0.29) is 30.3 Å². The van der Waals surface area contributed by atoms with E-state index in [9.17, 15) is 40.4 Å². The Hall–Kier alpha value is -5.07. The number of carbonyl (C=O) groups is 3. The summed E-state index contributed by atoms with van der Waals surface area (Å²) in [5.41, 5.74) is 3.35. The normalized spacial score (nSPS) is 12.3. The molecule has 0 saturated heterocycles. The van der Waals surface area contributed by atoms with Gasteiger partial charge in [-0.15, -0.1) is 0 Å². The molecule has 4 rings (SSSR count). The van der Waals surface area contributed by atoms with Crippen LogP contribution in [0.15, 0.2) is 60.9 Å². The van der Waals surface area contributed by atoms with Gasteiger partial charge in [0, 0.05) is 44.0 Å². The molecule has 4 aromatic rings. The molecule has 0 unspecified atom stereocenters. The van der Waals surface area contributed by atoms with Gasteiger partial charge < -0.3 is 15.1 Å². The van der Waals surface area contributed by atoms with Crippen LogP contribution in [0.25, 0.3) is 0 Å². The average Bonchev–Trinajstić information content (AvgIpc) is 3.04. The molecule has 2 aromatic carbocycles. The summed E-state index contributed by atoms with van der Waals surface area (Å²) in [6.07, 6.45) is 1.78. The van der Waals surface area contributed by atoms with Crippen LogP contribution in [0.3, 0.4) is 0 Å². The molecule has 0 aliphatic carbocycles. The third-order valence-corrected chi connectivity index (χ3v) is 9.29. The molecule has 2 atom stereocenters. The number of hydrogen-bond donors (Lipinski definition) is 3. The van der Waals surface area contributed by atoms with Crippen molar-refractivity contribution in [3.05, 3.63) is 118 Å². The number of hydrogen-bond acceptors (Lipinski definition) is 7. The van der Waals surface area contributed by atoms with Crippen LogP contribution in [0.2, 0.25) is 0 Å². The first kappa shape index (κ1) is 42.3. The number of likely N-dealkylation sites (N-methyl/N-ethyl adjacent to an activating group) is 2. The van der Waals surface area contributed by atoms with Gasteiger partial charge in [-0.25, -0.2) is 27.1 Å². The lowest BCUT2D eigenvalue weighted by molar-refractivity contribution is -0.120. The van der Waals surface area contributed by atoms with Crippen LogP contribution < -0.4 is 24.6 Å². The monoisotopic (exact) mass is 777 g/mol. The Bertz CT molecular complexity index is 2080. The Morgan fingerprint density at radius 2 is 1.04 bits per heavy atom. The summed E-state index contributed by atoms with van der Waals surface area (Å²) in [6.45, 7) is 7.03. The first-order chi connectivity index (χ1) is 24.3. The standard InChI is InChI=1S/C35H37F4N7O5S.H2S/c1-19-7-29(17-40-21(19)3)45(5)33(47)31(13-23-9-25(36)15-26(37)10-23)42-35(49)44-52(50,51)43-32(14-24-11-27(38)16-28(39)12-24)34(48)46(6)30-8-20(2)22(4)41-18-30;/h7-12,15-18,31-32,43H,13-14H2,1-6H3,(H2,42,44,49);1H2/t31-,32-;/m0./s1. The molecule has 284 valence electrons. The van der Waals surface area contributed by atoms with Crippen LogP contribution in [0, 0.1) is 51.0 Å². The highest BCUT2D eigenvalue weighted by molar-refractivity contribution is 7.88. The summed E-state index contributed by atoms with van der Waals surface area (Å²) in [4.78, 5) is 51.2. The molecule has 0 saturated carbocycles. The van der Waals surface area contributed by atoms with Gasteiger partial charge in [0.05, 0.1) is 23.8 Å². The lowest BCUT2D eigenvalue weighted by Gasteiger charge is -2.26. The topological polar surface area (TPSA) is 154 Å². The molecule has 2 heterocycles. The van der Waals surface area contributed by atoms with Gasteiger partial charge in [0.25, 0.3) is 0 Å². The van der Waals surface area contributed by atoms with E-state index in [1.807, 2.05) is 0 Å². The van der Waals surface area contributed by atoms with Gasteiger partial charge in [0.15, 0.2) is 0 Å². The van der Waals surface area contributed by atoms with E-state index in [1.54, 1.807) is 44.5 Å². The number of nitrogens with zero attached hydrogens (tertiary/aromatic N) is 4. The average molecular weight is 778 g/mol. The molecule has 12 nitrogen and oxygen atoms in total. The highest BCUT2D eigenvalue weighted by Crippen LogP contribution is 2.20. The van der Waals surface area contributed by atoms with Crippen molar-refractivity contribution in [2.45, 2.75) is 52.6 Å². The number of rotatable bonds is 12. The Kier molecular flexibility index (Phi) is 14.1. The molecule has 0 aliphatic rings. The predicted octanol–water partition coefficient (Wildman–Crippen LogP) is 4.36. The fraction of sp³-hybridized carbons (Fsp3) is 0.286. The third-order valence-electron chi connectivity index (χ3n) is 8.24. The Morgan fingerprint density at radius 1 is 0.660 bits per heavy atom. The number of aromatic nitrogens is 2. The van der Waals surface area contributed by atoms with Crippen molar-refractivity contribution in [3.63, 3.8) is 0 Å². The van der Waals surface area contributed by atoms with Crippen LogP contribution >= 0.6 is 13.5 Å². The molecule has 0 spiro atoms. The number of halogens is 4. The highest BCUT2D eigenvalue weighted by Gasteiger charge is 2.32. The number of aryl methyl sites for hydroxylation is 4. The molecular weight excluding hydrogens is 739 g/mol. The van der Waals surface area contributed by atoms with Crippen molar-refractivity contribution in [1.29, 1.82) is 0 Å². The maximum atomic E-state index is 14.1. The zero-order valence-electron chi connectivity index (χ0n) is 29.6. The maximum Gasteiger partial charge on any atom is 0.330 e. The number of benzene rings is 2. The van der Waals surface area contributed by atoms with E-state index < -0.39 is 76.2 Å². The summed E-state index contributed by atoms with van der Waals surface area (Å²) in [6, 6.07) is 3.52. The van der Waals surface area contributed by atoms with Crippen molar-refractivity contribution >= 4 is 52.9 Å². The number of amides is 4. The highest BCUT2D eigenvalue weighted by atomic mass is 32.2. The van der Waals surface area contributed by atoms with Gasteiger partial charge in [-0.05, 0) is 92.8 Å². The summed E-state index contributed by atoms with van der Waals surface area (Å²) < 4.78 is 86.7. The van der Waals surface area contributed by atoms with E-state index in [0.717, 1.165) is 45.2 Å². The first-order valence-corrected chi connectivity index (χ1v) is 17.2. The second-order valence-corrected chi connectivity index (χ2v) is 13.7. The minimum Gasteiger partial charge on any atom is -0.325 e. The summed E-state index contributed by atoms with van der Waals surface area (Å²) in [5.74, 6) is -5.49. The minimum absolute atomic E-state index is 0. The largest absolute Gasteiger partial charge is 0.330 e. The van der Waals surface area contributed by atoms with Gasteiger partial charge in [-0.2, -0.15) is 26.6 Å². The van der Waals surface area contributed by atoms with E-state index in [4.69, 9.17) is 0 Å². The summed E-state index contributed by atoms with van der Waals surface area (Å²) >= 11 is 0. The molecule has 2 aromatic heterocycles. The van der Waals surface area contributed by atoms with E-state index >= 15 is 0 Å². The van der Waals surface area contributed by atoms with Gasteiger partial charge in [0.2, 0.25) is 11.8 Å². The molecule has 53 heavy (non-hydrogen) atoms. The number of urea groups is 1. The van der Waals surface area contributed by atoms with Gasteiger partial charge in [-0.3, -0.25) is 19.6 Å². The van der Waals surface area contributed by atoms with Crippen molar-refractivity contribution in [3.8, 4) is 0 Å². The number of nitrogens with one attached hydrogen (secondary N) is 3. The molecule has 0 fully saturated rings. The molecule has 3 N–H and O–H groups in total. The van der Waals surface area contributed by atoms with Crippen LogP contribution in [-0.4, -0.2) is 62.4 Å². The molecule has 0 aliphatic heterocycles. The smallest absolute Gasteiger partial charge is 0.325 e. The van der Waals surface area contributed by atoms with Crippen molar-refractivity contribution in [1.82, 2.24) is 24.7 Å². The van der Waals surface area contributed by atoms with E-state index in [2.05, 4.69) is 20.0 Å². The number of anilines is 2. The van der Waals surface area contributed by atoms with Gasteiger partial charge in [-0.1, -0.05) is 0 Å². The molecule has 0 bridgehead atoms. The zero-order chi connectivity index (χ0) is 38.5. The lowest BCUT2D eigenvalue weighted by Crippen LogP contribution is -2.57. The summed E-state index contributed by atoms with van der Waals surface area (Å²) in [7, 11) is -2.24. The lowest BCUT2D eigenvalue weighted by atomic mass is 10.0. The van der Waals surface area contributed by atoms with Crippen LogP contribution in [0.1, 0.15) is 33.6 Å². The van der Waals surface area contributed by atoms with E-state index in [1.165, 1.54) is 26.5 Å². The van der Waals surface area contributed by atoms with Crippen LogP contribution in [-0.2, 0) is 32.6 Å². The van der Waals surface area contributed by atoms with E-state index in [0.29, 0.717) is 29.2 Å². The third kappa shape index (κ3) is 11.5. The van der Waals surface area contributed by atoms with Crippen LogP contribution in [0.5, 0.6) is 0 Å². The Balaban J connectivity index is 0.00000756. The second kappa shape index (κ2) is 17.6. The molecule has 0 radical (unpaired) electrons. The summed E-state index contributed by atoms with van der Waals surface area (Å²) in [5, 5.41) is 2.24. The Morgan fingerprint density at radius 3 is 1.43 bits per heavy atom. The fourth-order valence-corrected chi connectivity index (χ4v) is 6.10. The van der Waals surface area contributed by atoms with Crippen LogP contribution in [0.4, 0.5) is 33.7 Å². The van der Waals surface area contributed by atoms with Gasteiger partial charge in [0.1, 0.15) is 35.4 Å². The zero-order valence-corrected chi connectivity index (χ0v) is 31.4. The van der Waals surface area contributed by atoms with Crippen molar-refractivity contribution < 1.29 is 40.4 Å². The minimum atomic E-state index is -4.95. The molecular formula is C35H39F4N7O5S2. The first-order valence-electron chi connectivity index (χ1n) is 15.7. The second-order valence-electron chi connectivity index (χ2n) is 12.3. The molecule has 18 heteroatoms. The predicted molar refractivity (Wildman–Crippen MR) is 196 cm³/mol. The fourth-order valence-electron chi connectivity index (χ4n) is 5.18. The van der Waals surface area contributed by atoms with Crippen molar-refractivity contribution in [2.24, 2.45) is 0 Å².